The van der Waals surface area contributed by atoms with Crippen molar-refractivity contribution in [1.29, 1.82) is 0 Å². The van der Waals surface area contributed by atoms with Crippen molar-refractivity contribution in [2.24, 2.45) is 0 Å². The normalized spacial score (nSPS) is 11.0. The molecule has 2 aromatic rings. The molecule has 2 N–H and O–H groups in total. The lowest BCUT2D eigenvalue weighted by atomic mass is 10.4. The van der Waals surface area contributed by atoms with Crippen molar-refractivity contribution in [1.82, 2.24) is 30.5 Å². The van der Waals surface area contributed by atoms with E-state index in [1.54, 1.807) is 11.6 Å². The zero-order valence-corrected chi connectivity index (χ0v) is 10.2. The smallest absolute Gasteiger partial charge is 0.240 e. The Morgan fingerprint density at radius 1 is 1.44 bits per heavy atom. The van der Waals surface area contributed by atoms with Crippen LogP contribution in [0.1, 0.15) is 23.8 Å². The van der Waals surface area contributed by atoms with E-state index in [1.807, 2.05) is 6.20 Å². The first-order chi connectivity index (χ1) is 8.78. The molecule has 18 heavy (non-hydrogen) atoms. The molecule has 2 aromatic heterocycles. The summed E-state index contributed by atoms with van der Waals surface area (Å²) in [6, 6.07) is 0. The van der Waals surface area contributed by atoms with E-state index in [2.05, 4.69) is 25.8 Å². The summed E-state index contributed by atoms with van der Waals surface area (Å²) in [6.07, 6.45) is 2.53. The second kappa shape index (κ2) is 6.22. The van der Waals surface area contributed by atoms with E-state index >= 15 is 0 Å². The minimum Gasteiger partial charge on any atom is -0.396 e. The molecule has 8 nitrogen and oxygen atoms in total. The van der Waals surface area contributed by atoms with Crippen LogP contribution in [0.15, 0.2) is 10.7 Å². The Labute approximate surface area is 104 Å². The highest BCUT2D eigenvalue weighted by Gasteiger charge is 2.03. The summed E-state index contributed by atoms with van der Waals surface area (Å²) in [4.78, 5) is 4.08. The molecule has 2 rings (SSSR count). The predicted octanol–water partition coefficient (Wildman–Crippen LogP) is -0.358. The van der Waals surface area contributed by atoms with Crippen LogP contribution in [0, 0.1) is 6.92 Å². The highest BCUT2D eigenvalue weighted by molar-refractivity contribution is 4.92. The number of nitrogens with zero attached hydrogens (tertiary/aromatic N) is 5. The summed E-state index contributed by atoms with van der Waals surface area (Å²) in [6.45, 7) is 3.70. The first kappa shape index (κ1) is 12.7. The predicted molar refractivity (Wildman–Crippen MR) is 61.3 cm³/mol. The van der Waals surface area contributed by atoms with Gasteiger partial charge in [0, 0.05) is 25.9 Å². The number of rotatable bonds is 7. The summed E-state index contributed by atoms with van der Waals surface area (Å²) >= 11 is 0. The SMILES string of the molecule is Cc1noc(CNCc2cn(CCCO)nn2)n1. The molecule has 0 aliphatic rings. The van der Waals surface area contributed by atoms with E-state index in [4.69, 9.17) is 9.63 Å². The van der Waals surface area contributed by atoms with Gasteiger partial charge in [-0.1, -0.05) is 10.4 Å². The maximum absolute atomic E-state index is 8.71. The van der Waals surface area contributed by atoms with Gasteiger partial charge < -0.3 is 14.9 Å². The van der Waals surface area contributed by atoms with E-state index in [0.29, 0.717) is 37.8 Å². The summed E-state index contributed by atoms with van der Waals surface area (Å²) in [5.74, 6) is 1.18. The third kappa shape index (κ3) is 3.60. The van der Waals surface area contributed by atoms with Gasteiger partial charge >= 0.3 is 0 Å². The van der Waals surface area contributed by atoms with E-state index in [-0.39, 0.29) is 6.61 Å². The fraction of sp³-hybridized carbons (Fsp3) is 0.600. The summed E-state index contributed by atoms with van der Waals surface area (Å²) in [5, 5.41) is 23.5. The average molecular weight is 252 g/mol. The fourth-order valence-corrected chi connectivity index (χ4v) is 1.47. The van der Waals surface area contributed by atoms with Gasteiger partial charge in [0.15, 0.2) is 5.82 Å². The number of nitrogens with one attached hydrogen (secondary N) is 1. The van der Waals surface area contributed by atoms with Crippen molar-refractivity contribution < 1.29 is 9.63 Å². The van der Waals surface area contributed by atoms with Crippen LogP contribution in [-0.2, 0) is 19.6 Å². The fourth-order valence-electron chi connectivity index (χ4n) is 1.47. The first-order valence-electron chi connectivity index (χ1n) is 5.77. The first-order valence-corrected chi connectivity index (χ1v) is 5.77. The lowest BCUT2D eigenvalue weighted by molar-refractivity contribution is 0.276. The zero-order valence-electron chi connectivity index (χ0n) is 10.2. The van der Waals surface area contributed by atoms with E-state index < -0.39 is 0 Å². The Morgan fingerprint density at radius 3 is 3.06 bits per heavy atom. The molecule has 0 spiro atoms. The minimum absolute atomic E-state index is 0.157. The largest absolute Gasteiger partial charge is 0.396 e. The molecule has 0 aliphatic carbocycles. The summed E-state index contributed by atoms with van der Waals surface area (Å²) in [5.41, 5.74) is 0.837. The number of hydrogen-bond donors (Lipinski definition) is 2. The minimum atomic E-state index is 0.157. The van der Waals surface area contributed by atoms with Crippen LogP contribution in [-0.4, -0.2) is 36.8 Å². The third-order valence-electron chi connectivity index (χ3n) is 2.28. The van der Waals surface area contributed by atoms with Gasteiger partial charge in [-0.15, -0.1) is 5.10 Å². The Morgan fingerprint density at radius 2 is 2.33 bits per heavy atom. The van der Waals surface area contributed by atoms with E-state index in [9.17, 15) is 0 Å². The molecule has 0 bridgehead atoms. The van der Waals surface area contributed by atoms with Crippen LogP contribution >= 0.6 is 0 Å². The third-order valence-corrected chi connectivity index (χ3v) is 2.28. The van der Waals surface area contributed by atoms with Crippen LogP contribution < -0.4 is 5.32 Å². The quantitative estimate of drug-likeness (QED) is 0.693. The molecule has 0 fully saturated rings. The van der Waals surface area contributed by atoms with Crippen LogP contribution in [0.2, 0.25) is 0 Å². The van der Waals surface area contributed by atoms with Gasteiger partial charge in [0.2, 0.25) is 5.89 Å². The Bertz CT molecular complexity index is 480. The van der Waals surface area contributed by atoms with Crippen molar-refractivity contribution in [3.63, 3.8) is 0 Å². The van der Waals surface area contributed by atoms with Crippen molar-refractivity contribution in [3.8, 4) is 0 Å². The Hall–Kier alpha value is -1.80. The van der Waals surface area contributed by atoms with E-state index in [0.717, 1.165) is 5.69 Å². The Balaban J connectivity index is 1.74. The van der Waals surface area contributed by atoms with Crippen molar-refractivity contribution >= 4 is 0 Å². The van der Waals surface area contributed by atoms with Gasteiger partial charge in [-0.3, -0.25) is 4.68 Å². The number of aryl methyl sites for hydroxylation is 2. The highest BCUT2D eigenvalue weighted by atomic mass is 16.5. The van der Waals surface area contributed by atoms with Gasteiger partial charge in [0.05, 0.1) is 12.2 Å². The molecule has 0 amide bonds. The molecule has 0 unspecified atom stereocenters. The number of aliphatic hydroxyl groups excluding tert-OH is 1. The maximum atomic E-state index is 8.71. The van der Waals surface area contributed by atoms with Gasteiger partial charge in [-0.25, -0.2) is 0 Å². The van der Waals surface area contributed by atoms with Gasteiger partial charge in [-0.2, -0.15) is 4.98 Å². The Kier molecular flexibility index (Phi) is 4.37. The number of aromatic nitrogens is 5. The lowest BCUT2D eigenvalue weighted by Crippen LogP contribution is -2.13. The van der Waals surface area contributed by atoms with Crippen LogP contribution in [0.25, 0.3) is 0 Å². The average Bonchev–Trinajstić information content (AvgIpc) is 2.96. The van der Waals surface area contributed by atoms with Crippen LogP contribution in [0.3, 0.4) is 0 Å². The monoisotopic (exact) mass is 252 g/mol. The summed E-state index contributed by atoms with van der Waals surface area (Å²) in [7, 11) is 0. The molecular weight excluding hydrogens is 236 g/mol. The van der Waals surface area contributed by atoms with Crippen molar-refractivity contribution in [3.05, 3.63) is 23.6 Å². The summed E-state index contributed by atoms with van der Waals surface area (Å²) < 4.78 is 6.68. The molecule has 0 radical (unpaired) electrons. The standard InChI is InChI=1S/C10H16N6O2/c1-8-12-10(18-14-8)6-11-5-9-7-16(15-13-9)3-2-4-17/h7,11,17H,2-6H2,1H3. The van der Waals surface area contributed by atoms with Crippen molar-refractivity contribution in [2.75, 3.05) is 6.61 Å². The zero-order chi connectivity index (χ0) is 12.8. The van der Waals surface area contributed by atoms with Crippen molar-refractivity contribution in [2.45, 2.75) is 33.0 Å². The second-order valence-corrected chi connectivity index (χ2v) is 3.89. The van der Waals surface area contributed by atoms with E-state index in [1.165, 1.54) is 0 Å². The molecule has 0 saturated heterocycles. The topological polar surface area (TPSA) is 102 Å². The molecule has 98 valence electrons. The molecule has 0 aromatic carbocycles. The number of aliphatic hydroxyl groups is 1. The number of hydrogen-bond acceptors (Lipinski definition) is 7. The molecule has 0 saturated carbocycles. The molecule has 2 heterocycles. The van der Waals surface area contributed by atoms with Crippen LogP contribution in [0.4, 0.5) is 0 Å². The molecular formula is C10H16N6O2. The molecule has 0 atom stereocenters. The maximum Gasteiger partial charge on any atom is 0.240 e. The van der Waals surface area contributed by atoms with Crippen LogP contribution in [0.5, 0.6) is 0 Å². The highest BCUT2D eigenvalue weighted by Crippen LogP contribution is 1.97. The second-order valence-electron chi connectivity index (χ2n) is 3.89. The van der Waals surface area contributed by atoms with Gasteiger partial charge in [0.25, 0.3) is 0 Å². The molecule has 8 heteroatoms. The van der Waals surface area contributed by atoms with Gasteiger partial charge in [-0.05, 0) is 13.3 Å². The van der Waals surface area contributed by atoms with Gasteiger partial charge in [0.1, 0.15) is 0 Å². The lowest BCUT2D eigenvalue weighted by Gasteiger charge is -1.97. The molecule has 0 aliphatic heterocycles.